The number of rotatable bonds is 6. The Morgan fingerprint density at radius 2 is 1.68 bits per heavy atom. The predicted octanol–water partition coefficient (Wildman–Crippen LogP) is 5.83. The average Bonchev–Trinajstić information content (AvgIpc) is 3.28. The number of carbonyl (C=O) groups excluding carboxylic acids is 1. The fraction of sp³-hybridized carbons (Fsp3) is 0.143. The zero-order valence-corrected chi connectivity index (χ0v) is 19.0. The second kappa shape index (κ2) is 8.90. The number of aryl methyl sites for hydroxylation is 1. The molecule has 0 aliphatic heterocycles. The van der Waals surface area contributed by atoms with Gasteiger partial charge in [-0.2, -0.15) is 0 Å². The molecule has 5 rings (SSSR count). The molecule has 0 bridgehead atoms. The lowest BCUT2D eigenvalue weighted by molar-refractivity contribution is 0.0601. The fourth-order valence-corrected chi connectivity index (χ4v) is 4.35. The molecule has 170 valence electrons. The Morgan fingerprint density at radius 1 is 0.971 bits per heavy atom. The molecular formula is C28H24N2O4. The number of ether oxygens (including phenoxy) is 1. The molecule has 0 aliphatic carbocycles. The van der Waals surface area contributed by atoms with Crippen molar-refractivity contribution in [1.29, 1.82) is 0 Å². The van der Waals surface area contributed by atoms with Crippen molar-refractivity contribution >= 4 is 33.7 Å². The summed E-state index contributed by atoms with van der Waals surface area (Å²) in [5.41, 5.74) is 4.25. The standard InChI is InChI=1S/C28H24N2O4/c1-3-30-22-12-8-7-11-21(22)25-24(27(30)31)23(19-13-15-20(16-14-19)28(32)33-2)26(34-25)29-17-18-9-5-4-6-10-18/h4-16,29H,3,17H2,1-2H3. The van der Waals surface area contributed by atoms with Gasteiger partial charge in [0.15, 0.2) is 5.58 Å². The number of benzene rings is 3. The van der Waals surface area contributed by atoms with Gasteiger partial charge in [0, 0.05) is 18.5 Å². The third-order valence-corrected chi connectivity index (χ3v) is 6.01. The Labute approximate surface area is 196 Å². The highest BCUT2D eigenvalue weighted by Gasteiger charge is 2.23. The van der Waals surface area contributed by atoms with Crippen LogP contribution in [0.1, 0.15) is 22.8 Å². The van der Waals surface area contributed by atoms with Crippen LogP contribution in [0.15, 0.2) is 88.1 Å². The number of furan rings is 1. The van der Waals surface area contributed by atoms with Crippen molar-refractivity contribution in [3.63, 3.8) is 0 Å². The largest absolute Gasteiger partial charge is 0.465 e. The number of hydrogen-bond acceptors (Lipinski definition) is 5. The van der Waals surface area contributed by atoms with Gasteiger partial charge in [0.1, 0.15) is 0 Å². The molecule has 2 aromatic heterocycles. The number of nitrogens with zero attached hydrogens (tertiary/aromatic N) is 1. The minimum absolute atomic E-state index is 0.111. The Kier molecular flexibility index (Phi) is 5.64. The second-order valence-corrected chi connectivity index (χ2v) is 7.98. The summed E-state index contributed by atoms with van der Waals surface area (Å²) in [6.07, 6.45) is 0. The van der Waals surface area contributed by atoms with E-state index in [0.717, 1.165) is 22.0 Å². The summed E-state index contributed by atoms with van der Waals surface area (Å²) in [7, 11) is 1.35. The van der Waals surface area contributed by atoms with Gasteiger partial charge >= 0.3 is 5.97 Å². The van der Waals surface area contributed by atoms with Gasteiger partial charge in [0.2, 0.25) is 5.88 Å². The zero-order valence-electron chi connectivity index (χ0n) is 19.0. The molecular weight excluding hydrogens is 428 g/mol. The van der Waals surface area contributed by atoms with Gasteiger partial charge in [-0.1, -0.05) is 54.6 Å². The molecule has 0 saturated heterocycles. The molecule has 3 aromatic carbocycles. The lowest BCUT2D eigenvalue weighted by atomic mass is 10.0. The van der Waals surface area contributed by atoms with Crippen LogP contribution in [-0.2, 0) is 17.8 Å². The van der Waals surface area contributed by atoms with E-state index in [4.69, 9.17) is 9.15 Å². The van der Waals surface area contributed by atoms with E-state index in [1.807, 2.05) is 73.7 Å². The normalized spacial score (nSPS) is 11.1. The minimum Gasteiger partial charge on any atom is -0.465 e. The minimum atomic E-state index is -0.412. The molecule has 6 heteroatoms. The molecule has 34 heavy (non-hydrogen) atoms. The molecule has 5 aromatic rings. The molecule has 6 nitrogen and oxygen atoms in total. The number of aromatic nitrogens is 1. The fourth-order valence-electron chi connectivity index (χ4n) is 4.35. The molecule has 0 spiro atoms. The van der Waals surface area contributed by atoms with Crippen LogP contribution in [0.25, 0.3) is 33.0 Å². The first-order valence-electron chi connectivity index (χ1n) is 11.2. The number of methoxy groups -OCH3 is 1. The Hall–Kier alpha value is -4.32. The highest BCUT2D eigenvalue weighted by molar-refractivity contribution is 6.10. The lowest BCUT2D eigenvalue weighted by Crippen LogP contribution is -2.19. The zero-order chi connectivity index (χ0) is 23.7. The number of anilines is 1. The Balaban J connectivity index is 1.75. The maximum Gasteiger partial charge on any atom is 0.337 e. The number of hydrogen-bond donors (Lipinski definition) is 1. The van der Waals surface area contributed by atoms with Crippen LogP contribution >= 0.6 is 0 Å². The number of nitrogens with one attached hydrogen (secondary N) is 1. The van der Waals surface area contributed by atoms with E-state index in [0.29, 0.717) is 41.1 Å². The highest BCUT2D eigenvalue weighted by atomic mass is 16.5. The van der Waals surface area contributed by atoms with Crippen LogP contribution < -0.4 is 10.9 Å². The molecule has 0 radical (unpaired) electrons. The van der Waals surface area contributed by atoms with Gasteiger partial charge in [-0.15, -0.1) is 0 Å². The SMILES string of the molecule is CCn1c(=O)c2c(-c3ccc(C(=O)OC)cc3)c(NCc3ccccc3)oc2c2ccccc21. The number of fused-ring (bicyclic) bond motifs is 3. The van der Waals surface area contributed by atoms with Crippen LogP contribution in [0.5, 0.6) is 0 Å². The van der Waals surface area contributed by atoms with Gasteiger partial charge in [-0.05, 0) is 42.3 Å². The lowest BCUT2D eigenvalue weighted by Gasteiger charge is -2.09. The summed E-state index contributed by atoms with van der Waals surface area (Å²) >= 11 is 0. The number of esters is 1. The molecule has 0 atom stereocenters. The van der Waals surface area contributed by atoms with E-state index in [1.54, 1.807) is 16.7 Å². The number of para-hydroxylation sites is 1. The molecule has 2 heterocycles. The second-order valence-electron chi connectivity index (χ2n) is 7.98. The smallest absolute Gasteiger partial charge is 0.337 e. The Bertz CT molecular complexity index is 1550. The van der Waals surface area contributed by atoms with E-state index in [9.17, 15) is 9.59 Å². The first-order chi connectivity index (χ1) is 16.6. The third-order valence-electron chi connectivity index (χ3n) is 6.01. The van der Waals surface area contributed by atoms with Gasteiger partial charge in [0.25, 0.3) is 5.56 Å². The highest BCUT2D eigenvalue weighted by Crippen LogP contribution is 2.40. The average molecular weight is 453 g/mol. The van der Waals surface area contributed by atoms with E-state index in [2.05, 4.69) is 5.32 Å². The van der Waals surface area contributed by atoms with Crippen LogP contribution in [0.2, 0.25) is 0 Å². The summed E-state index contributed by atoms with van der Waals surface area (Å²) in [5.74, 6) is 0.103. The van der Waals surface area contributed by atoms with Crippen LogP contribution in [-0.4, -0.2) is 17.6 Å². The van der Waals surface area contributed by atoms with Gasteiger partial charge in [-0.25, -0.2) is 4.79 Å². The van der Waals surface area contributed by atoms with Gasteiger partial charge < -0.3 is 19.0 Å². The molecule has 0 fully saturated rings. The predicted molar refractivity (Wildman–Crippen MR) is 134 cm³/mol. The van der Waals surface area contributed by atoms with E-state index in [-0.39, 0.29) is 5.56 Å². The van der Waals surface area contributed by atoms with Gasteiger partial charge in [-0.3, -0.25) is 4.79 Å². The van der Waals surface area contributed by atoms with Crippen molar-refractivity contribution in [2.75, 3.05) is 12.4 Å². The summed E-state index contributed by atoms with van der Waals surface area (Å²) in [5, 5.41) is 4.78. The first kappa shape index (κ1) is 21.5. The molecule has 0 saturated carbocycles. The third kappa shape index (κ3) is 3.63. The summed E-state index contributed by atoms with van der Waals surface area (Å²) < 4.78 is 12.9. The monoisotopic (exact) mass is 452 g/mol. The van der Waals surface area contributed by atoms with Crippen molar-refractivity contribution in [1.82, 2.24) is 4.57 Å². The van der Waals surface area contributed by atoms with Crippen LogP contribution in [0, 0.1) is 0 Å². The van der Waals surface area contributed by atoms with E-state index >= 15 is 0 Å². The van der Waals surface area contributed by atoms with Crippen molar-refractivity contribution in [2.45, 2.75) is 20.0 Å². The number of carbonyl (C=O) groups is 1. The van der Waals surface area contributed by atoms with Crippen LogP contribution in [0.3, 0.4) is 0 Å². The van der Waals surface area contributed by atoms with Crippen molar-refractivity contribution in [3.8, 4) is 11.1 Å². The van der Waals surface area contributed by atoms with E-state index in [1.165, 1.54) is 7.11 Å². The quantitative estimate of drug-likeness (QED) is 0.328. The topological polar surface area (TPSA) is 73.5 Å². The van der Waals surface area contributed by atoms with Crippen LogP contribution in [0.4, 0.5) is 5.88 Å². The molecule has 0 unspecified atom stereocenters. The molecule has 1 N–H and O–H groups in total. The summed E-state index contributed by atoms with van der Waals surface area (Å²) in [6, 6.07) is 24.8. The van der Waals surface area contributed by atoms with Crippen molar-refractivity contribution < 1.29 is 13.9 Å². The maximum atomic E-state index is 13.7. The van der Waals surface area contributed by atoms with Crippen molar-refractivity contribution in [2.24, 2.45) is 0 Å². The summed E-state index contributed by atoms with van der Waals surface area (Å²) in [6.45, 7) is 3.03. The Morgan fingerprint density at radius 3 is 2.38 bits per heavy atom. The van der Waals surface area contributed by atoms with E-state index < -0.39 is 5.97 Å². The first-order valence-corrected chi connectivity index (χ1v) is 11.2. The summed E-state index contributed by atoms with van der Waals surface area (Å²) in [4.78, 5) is 25.6. The number of pyridine rings is 1. The molecule has 0 amide bonds. The maximum absolute atomic E-state index is 13.7. The molecule has 0 aliphatic rings. The van der Waals surface area contributed by atoms with Gasteiger partial charge in [0.05, 0.1) is 29.1 Å². The van der Waals surface area contributed by atoms with Crippen molar-refractivity contribution in [3.05, 3.63) is 100 Å².